The third kappa shape index (κ3) is 5.70. The van der Waals surface area contributed by atoms with Gasteiger partial charge in [0.1, 0.15) is 23.9 Å². The van der Waals surface area contributed by atoms with Gasteiger partial charge in [-0.25, -0.2) is 23.1 Å². The Balaban J connectivity index is 1.39. The molecule has 3 heterocycles. The summed E-state index contributed by atoms with van der Waals surface area (Å²) in [6.07, 6.45) is -0.575. The molecule has 6 nitrogen and oxygen atoms in total. The topological polar surface area (TPSA) is 44.7 Å². The van der Waals surface area contributed by atoms with Crippen molar-refractivity contribution in [2.75, 3.05) is 43.5 Å². The molecule has 2 aliphatic heterocycles. The predicted molar refractivity (Wildman–Crippen MR) is 144 cm³/mol. The van der Waals surface area contributed by atoms with Gasteiger partial charge >= 0.3 is 6.11 Å². The Labute approximate surface area is 230 Å². The van der Waals surface area contributed by atoms with E-state index in [-0.39, 0.29) is 35.0 Å². The summed E-state index contributed by atoms with van der Waals surface area (Å²) in [6.45, 7) is 4.13. The maximum atomic E-state index is 15.1. The fourth-order valence-electron chi connectivity index (χ4n) is 5.37. The third-order valence-electron chi connectivity index (χ3n) is 7.54. The number of alkyl halides is 2. The van der Waals surface area contributed by atoms with Gasteiger partial charge in [0.15, 0.2) is 17.4 Å². The zero-order valence-corrected chi connectivity index (χ0v) is 22.9. The fourth-order valence-corrected chi connectivity index (χ4v) is 5.37. The molecule has 0 saturated carbocycles. The molecule has 0 aliphatic carbocycles. The van der Waals surface area contributed by atoms with E-state index in [1.807, 2.05) is 4.90 Å². The molecule has 0 atom stereocenters. The van der Waals surface area contributed by atoms with Crippen LogP contribution in [0.2, 0.25) is 0 Å². The van der Waals surface area contributed by atoms with Gasteiger partial charge in [-0.05, 0) is 70.6 Å². The second-order valence-electron chi connectivity index (χ2n) is 10.9. The normalized spacial score (nSPS) is 17.4. The van der Waals surface area contributed by atoms with Gasteiger partial charge < -0.3 is 19.4 Å². The van der Waals surface area contributed by atoms with Crippen LogP contribution < -0.4 is 14.5 Å². The summed E-state index contributed by atoms with van der Waals surface area (Å²) in [5.41, 5.74) is 1.09. The molecule has 0 unspecified atom stereocenters. The summed E-state index contributed by atoms with van der Waals surface area (Å²) < 4.78 is 77.7. The molecule has 0 N–H and O–H groups in total. The lowest BCUT2D eigenvalue weighted by Gasteiger charge is -2.38. The van der Waals surface area contributed by atoms with Crippen LogP contribution in [0.1, 0.15) is 38.1 Å². The van der Waals surface area contributed by atoms with Gasteiger partial charge in [-0.15, -0.1) is 0 Å². The number of nitrogens with zero attached hydrogens (tertiary/aromatic N) is 5. The van der Waals surface area contributed by atoms with Crippen LogP contribution in [0, 0.1) is 17.5 Å². The predicted octanol–water partition coefficient (Wildman–Crippen LogP) is 5.88. The molecule has 1 aromatic heterocycles. The zero-order valence-electron chi connectivity index (χ0n) is 22.9. The maximum absolute atomic E-state index is 15.1. The number of fused-ring (bicyclic) bond motifs is 1. The Bertz CT molecular complexity index is 1390. The van der Waals surface area contributed by atoms with Crippen molar-refractivity contribution in [2.45, 2.75) is 51.3 Å². The molecule has 1 fully saturated rings. The second-order valence-corrected chi connectivity index (χ2v) is 10.9. The molecule has 11 heteroatoms. The summed E-state index contributed by atoms with van der Waals surface area (Å²) in [5, 5.41) is 0. The number of piperidine rings is 1. The maximum Gasteiger partial charge on any atom is 0.416 e. The number of anilines is 2. The molecule has 0 spiro atoms. The molecule has 1 saturated heterocycles. The van der Waals surface area contributed by atoms with Gasteiger partial charge in [0.05, 0.1) is 17.6 Å². The van der Waals surface area contributed by atoms with E-state index in [1.165, 1.54) is 17.0 Å². The average Bonchev–Trinajstić information content (AvgIpc) is 2.89. The number of halogens is 5. The van der Waals surface area contributed by atoms with E-state index < -0.39 is 36.1 Å². The lowest BCUT2D eigenvalue weighted by atomic mass is 10.0. The lowest BCUT2D eigenvalue weighted by molar-refractivity contribution is -0.174. The highest BCUT2D eigenvalue weighted by atomic mass is 19.3. The van der Waals surface area contributed by atoms with Gasteiger partial charge in [0.25, 0.3) is 0 Å². The number of hydrogen-bond acceptors (Lipinski definition) is 6. The molecule has 2 aromatic carbocycles. The molecule has 0 amide bonds. The molecule has 40 heavy (non-hydrogen) atoms. The number of aromatic nitrogens is 2. The molecule has 0 radical (unpaired) electrons. The molecule has 214 valence electrons. The van der Waals surface area contributed by atoms with Crippen LogP contribution in [0.4, 0.5) is 33.3 Å². The van der Waals surface area contributed by atoms with E-state index in [0.29, 0.717) is 17.3 Å². The van der Waals surface area contributed by atoms with Crippen LogP contribution in [0.3, 0.4) is 0 Å². The van der Waals surface area contributed by atoms with Crippen molar-refractivity contribution >= 4 is 11.4 Å². The van der Waals surface area contributed by atoms with Crippen LogP contribution in [-0.4, -0.2) is 66.8 Å². The van der Waals surface area contributed by atoms with E-state index in [1.54, 1.807) is 26.0 Å². The zero-order chi connectivity index (χ0) is 28.8. The largest absolute Gasteiger partial charge is 0.426 e. The number of rotatable bonds is 6. The molecule has 0 bridgehead atoms. The standard InChI is InChI=1S/C29H32F5N5O/c1-17(2)39-16-29(33,34)40-28-22(31)13-19(14-25(28)39)27-23(32)15-35-26(36-27)12-18-5-6-24(21(30)11-18)38-9-7-20(8-10-38)37(3)4/h5-6,11,13-15,17,20H,7-10,12,16H2,1-4H3. The van der Waals surface area contributed by atoms with E-state index >= 15 is 4.39 Å². The Morgan fingerprint density at radius 1 is 1.00 bits per heavy atom. The first-order chi connectivity index (χ1) is 18.9. The first kappa shape index (κ1) is 28.1. The summed E-state index contributed by atoms with van der Waals surface area (Å²) in [6, 6.07) is 7.34. The Morgan fingerprint density at radius 2 is 1.73 bits per heavy atom. The number of hydrogen-bond donors (Lipinski definition) is 0. The lowest BCUT2D eigenvalue weighted by Crippen LogP contribution is -2.48. The van der Waals surface area contributed by atoms with Gasteiger partial charge in [0.2, 0.25) is 0 Å². The Hall–Kier alpha value is -3.47. The van der Waals surface area contributed by atoms with Crippen molar-refractivity contribution in [2.24, 2.45) is 0 Å². The first-order valence-electron chi connectivity index (χ1n) is 13.3. The van der Waals surface area contributed by atoms with Crippen LogP contribution in [-0.2, 0) is 6.42 Å². The summed E-state index contributed by atoms with van der Waals surface area (Å²) >= 11 is 0. The minimum atomic E-state index is -3.57. The van der Waals surface area contributed by atoms with Crippen LogP contribution in [0.5, 0.6) is 5.75 Å². The van der Waals surface area contributed by atoms with Gasteiger partial charge in [-0.1, -0.05) is 6.07 Å². The first-order valence-corrected chi connectivity index (χ1v) is 13.3. The monoisotopic (exact) mass is 561 g/mol. The summed E-state index contributed by atoms with van der Waals surface area (Å²) in [4.78, 5) is 13.9. The smallest absolute Gasteiger partial charge is 0.416 e. The van der Waals surface area contributed by atoms with Crippen molar-refractivity contribution in [3.05, 3.63) is 65.4 Å². The quantitative estimate of drug-likeness (QED) is 0.350. The molecule has 5 rings (SSSR count). The van der Waals surface area contributed by atoms with Crippen molar-refractivity contribution in [3.63, 3.8) is 0 Å². The Kier molecular flexibility index (Phi) is 7.60. The van der Waals surface area contributed by atoms with E-state index in [2.05, 4.69) is 33.7 Å². The second kappa shape index (κ2) is 10.8. The summed E-state index contributed by atoms with van der Waals surface area (Å²) in [7, 11) is 4.10. The number of ether oxygens (including phenoxy) is 1. The van der Waals surface area contributed by atoms with Crippen LogP contribution in [0.25, 0.3) is 11.3 Å². The average molecular weight is 562 g/mol. The SMILES string of the molecule is CC(C)N1CC(F)(F)Oc2c(F)cc(-c3nc(Cc4ccc(N5CCC(N(C)C)CC5)c(F)c4)ncc3F)cc21. The highest BCUT2D eigenvalue weighted by Gasteiger charge is 2.43. The van der Waals surface area contributed by atoms with E-state index in [0.717, 1.165) is 38.2 Å². The fraction of sp³-hybridized carbons (Fsp3) is 0.448. The molecule has 3 aromatic rings. The Morgan fingerprint density at radius 3 is 2.38 bits per heavy atom. The van der Waals surface area contributed by atoms with Crippen molar-refractivity contribution in [1.29, 1.82) is 0 Å². The molecular weight excluding hydrogens is 529 g/mol. The van der Waals surface area contributed by atoms with Crippen molar-refractivity contribution in [3.8, 4) is 17.0 Å². The summed E-state index contributed by atoms with van der Waals surface area (Å²) in [5.74, 6) is -2.60. The van der Waals surface area contributed by atoms with E-state index in [4.69, 9.17) is 0 Å². The van der Waals surface area contributed by atoms with Gasteiger partial charge in [-0.3, -0.25) is 0 Å². The minimum absolute atomic E-state index is 0.0551. The molecular formula is C29H32F5N5O. The highest BCUT2D eigenvalue weighted by Crippen LogP contribution is 2.43. The van der Waals surface area contributed by atoms with Crippen molar-refractivity contribution < 1.29 is 26.7 Å². The van der Waals surface area contributed by atoms with Gasteiger partial charge in [-0.2, -0.15) is 8.78 Å². The molecule has 2 aliphatic rings. The highest BCUT2D eigenvalue weighted by molar-refractivity contribution is 5.72. The number of benzene rings is 2. The van der Waals surface area contributed by atoms with Crippen LogP contribution >= 0.6 is 0 Å². The van der Waals surface area contributed by atoms with E-state index in [9.17, 15) is 17.6 Å². The van der Waals surface area contributed by atoms with Gasteiger partial charge in [0, 0.05) is 37.2 Å². The van der Waals surface area contributed by atoms with Crippen molar-refractivity contribution in [1.82, 2.24) is 14.9 Å². The third-order valence-corrected chi connectivity index (χ3v) is 7.54. The van der Waals surface area contributed by atoms with Crippen LogP contribution in [0.15, 0.2) is 36.5 Å². The minimum Gasteiger partial charge on any atom is -0.426 e.